The molecule has 0 bridgehead atoms. The van der Waals surface area contributed by atoms with Crippen molar-refractivity contribution in [3.8, 4) is 0 Å². The van der Waals surface area contributed by atoms with Gasteiger partial charge in [0.15, 0.2) is 0 Å². The zero-order valence-electron chi connectivity index (χ0n) is 10.9. The molecule has 94 valence electrons. The van der Waals surface area contributed by atoms with Gasteiger partial charge in [-0.2, -0.15) is 0 Å². The highest BCUT2D eigenvalue weighted by Crippen LogP contribution is 2.18. The minimum Gasteiger partial charge on any atom is -0.388 e. The van der Waals surface area contributed by atoms with Crippen LogP contribution in [0.25, 0.3) is 0 Å². The molecule has 1 N–H and O–H groups in total. The summed E-state index contributed by atoms with van der Waals surface area (Å²) in [6.45, 7) is 7.90. The van der Waals surface area contributed by atoms with Crippen molar-refractivity contribution >= 4 is 5.69 Å². The summed E-state index contributed by atoms with van der Waals surface area (Å²) >= 11 is 0. The topological polar surface area (TPSA) is 37.4 Å². The fraction of sp³-hybridized carbons (Fsp3) is 0.615. The van der Waals surface area contributed by atoms with E-state index in [-0.39, 0.29) is 5.60 Å². The number of pyridine rings is 1. The van der Waals surface area contributed by atoms with Gasteiger partial charge in [0, 0.05) is 38.6 Å². The van der Waals surface area contributed by atoms with Gasteiger partial charge in [0.2, 0.25) is 0 Å². The van der Waals surface area contributed by atoms with Gasteiger partial charge in [0.05, 0.1) is 17.9 Å². The highest BCUT2D eigenvalue weighted by atomic mass is 16.5. The number of hydrogen-bond acceptors (Lipinski definition) is 4. The second kappa shape index (κ2) is 5.02. The second-order valence-electron chi connectivity index (χ2n) is 5.10. The molecule has 0 saturated carbocycles. The van der Waals surface area contributed by atoms with Crippen LogP contribution in [0, 0.1) is 0 Å². The van der Waals surface area contributed by atoms with Gasteiger partial charge in [0.25, 0.3) is 0 Å². The summed E-state index contributed by atoms with van der Waals surface area (Å²) in [5, 5.41) is 3.14. The van der Waals surface area contributed by atoms with Gasteiger partial charge in [-0.15, -0.1) is 0 Å². The van der Waals surface area contributed by atoms with Crippen molar-refractivity contribution in [2.24, 2.45) is 0 Å². The lowest BCUT2D eigenvalue weighted by Crippen LogP contribution is -2.47. The number of nitrogens with zero attached hydrogens (tertiary/aromatic N) is 2. The van der Waals surface area contributed by atoms with Crippen molar-refractivity contribution in [2.75, 3.05) is 32.1 Å². The molecule has 0 spiro atoms. The number of anilines is 1. The van der Waals surface area contributed by atoms with Crippen LogP contribution in [0.4, 0.5) is 5.69 Å². The summed E-state index contributed by atoms with van der Waals surface area (Å²) in [6, 6.07) is 4.08. The highest BCUT2D eigenvalue weighted by molar-refractivity contribution is 5.42. The standard InChI is InChI=1S/C13H21N3O/c1-13(2)10-16(6-7-17-13)9-12-8-11(14-3)4-5-15-12/h4-5,8H,6-7,9-10H2,1-3H3,(H,14,15). The van der Waals surface area contributed by atoms with Crippen LogP contribution in [0.15, 0.2) is 18.3 Å². The lowest BCUT2D eigenvalue weighted by atomic mass is 10.1. The number of hydrogen-bond donors (Lipinski definition) is 1. The molecule has 4 heteroatoms. The third-order valence-corrected chi connectivity index (χ3v) is 3.00. The average Bonchev–Trinajstić information content (AvgIpc) is 2.28. The number of morpholine rings is 1. The minimum atomic E-state index is -0.0428. The van der Waals surface area contributed by atoms with Crippen molar-refractivity contribution in [3.05, 3.63) is 24.0 Å². The molecule has 0 aliphatic carbocycles. The maximum absolute atomic E-state index is 5.70. The lowest BCUT2D eigenvalue weighted by molar-refractivity contribution is -0.0885. The van der Waals surface area contributed by atoms with Gasteiger partial charge in [-0.3, -0.25) is 9.88 Å². The fourth-order valence-corrected chi connectivity index (χ4v) is 2.20. The van der Waals surface area contributed by atoms with Crippen LogP contribution in [-0.4, -0.2) is 42.2 Å². The molecule has 0 atom stereocenters. The van der Waals surface area contributed by atoms with E-state index in [4.69, 9.17) is 4.74 Å². The molecule has 1 saturated heterocycles. The van der Waals surface area contributed by atoms with Crippen LogP contribution >= 0.6 is 0 Å². The highest BCUT2D eigenvalue weighted by Gasteiger charge is 2.27. The first-order valence-electron chi connectivity index (χ1n) is 6.08. The Kier molecular flexibility index (Phi) is 3.64. The summed E-state index contributed by atoms with van der Waals surface area (Å²) in [4.78, 5) is 6.80. The third-order valence-electron chi connectivity index (χ3n) is 3.00. The first-order chi connectivity index (χ1) is 8.09. The molecule has 0 aromatic carbocycles. The Bertz CT molecular complexity index is 379. The molecule has 2 rings (SSSR count). The Morgan fingerprint density at radius 3 is 3.06 bits per heavy atom. The zero-order valence-corrected chi connectivity index (χ0v) is 10.9. The van der Waals surface area contributed by atoms with E-state index < -0.39 is 0 Å². The maximum atomic E-state index is 5.70. The van der Waals surface area contributed by atoms with Crippen LogP contribution in [0.3, 0.4) is 0 Å². The molecule has 0 radical (unpaired) electrons. The Balaban J connectivity index is 2.00. The number of ether oxygens (including phenoxy) is 1. The molecule has 4 nitrogen and oxygen atoms in total. The largest absolute Gasteiger partial charge is 0.388 e. The molecule has 1 aromatic heterocycles. The quantitative estimate of drug-likeness (QED) is 0.866. The molecule has 1 aromatic rings. The van der Waals surface area contributed by atoms with E-state index in [2.05, 4.69) is 35.1 Å². The van der Waals surface area contributed by atoms with Crippen molar-refractivity contribution in [2.45, 2.75) is 26.0 Å². The van der Waals surface area contributed by atoms with Crippen molar-refractivity contribution < 1.29 is 4.74 Å². The fourth-order valence-electron chi connectivity index (χ4n) is 2.20. The van der Waals surface area contributed by atoms with Gasteiger partial charge in [0.1, 0.15) is 0 Å². The Morgan fingerprint density at radius 2 is 2.35 bits per heavy atom. The van der Waals surface area contributed by atoms with E-state index >= 15 is 0 Å². The minimum absolute atomic E-state index is 0.0428. The van der Waals surface area contributed by atoms with Gasteiger partial charge in [-0.25, -0.2) is 0 Å². The van der Waals surface area contributed by atoms with Gasteiger partial charge >= 0.3 is 0 Å². The number of aromatic nitrogens is 1. The normalized spacial score (nSPS) is 20.2. The smallest absolute Gasteiger partial charge is 0.0753 e. The van der Waals surface area contributed by atoms with Gasteiger partial charge in [-0.05, 0) is 26.0 Å². The van der Waals surface area contributed by atoms with Crippen LogP contribution in [0.2, 0.25) is 0 Å². The summed E-state index contributed by atoms with van der Waals surface area (Å²) in [7, 11) is 1.93. The van der Waals surface area contributed by atoms with E-state index in [9.17, 15) is 0 Å². The molecule has 0 unspecified atom stereocenters. The molecular formula is C13H21N3O. The zero-order chi connectivity index (χ0) is 12.3. The van der Waals surface area contributed by atoms with E-state index in [1.807, 2.05) is 19.3 Å². The number of nitrogens with one attached hydrogen (secondary N) is 1. The Morgan fingerprint density at radius 1 is 1.53 bits per heavy atom. The van der Waals surface area contributed by atoms with Crippen LogP contribution < -0.4 is 5.32 Å². The molecule has 17 heavy (non-hydrogen) atoms. The van der Waals surface area contributed by atoms with Crippen LogP contribution in [0.5, 0.6) is 0 Å². The van der Waals surface area contributed by atoms with Crippen molar-refractivity contribution in [1.82, 2.24) is 9.88 Å². The summed E-state index contributed by atoms with van der Waals surface area (Å²) < 4.78 is 5.70. The van der Waals surface area contributed by atoms with Crippen LogP contribution in [-0.2, 0) is 11.3 Å². The number of rotatable bonds is 3. The molecule has 1 fully saturated rings. The van der Waals surface area contributed by atoms with Gasteiger partial charge in [-0.1, -0.05) is 0 Å². The lowest BCUT2D eigenvalue weighted by Gasteiger charge is -2.38. The summed E-state index contributed by atoms with van der Waals surface area (Å²) in [5.41, 5.74) is 2.18. The summed E-state index contributed by atoms with van der Waals surface area (Å²) in [6.07, 6.45) is 1.85. The van der Waals surface area contributed by atoms with Crippen molar-refractivity contribution in [1.29, 1.82) is 0 Å². The summed E-state index contributed by atoms with van der Waals surface area (Å²) in [5.74, 6) is 0. The van der Waals surface area contributed by atoms with E-state index in [0.29, 0.717) is 0 Å². The van der Waals surface area contributed by atoms with E-state index in [0.717, 1.165) is 37.6 Å². The predicted octanol–water partition coefficient (Wildman–Crippen LogP) is 1.73. The Hall–Kier alpha value is -1.13. The SMILES string of the molecule is CNc1ccnc(CN2CCOC(C)(C)C2)c1. The first kappa shape index (κ1) is 12.3. The predicted molar refractivity (Wildman–Crippen MR) is 69.1 cm³/mol. The average molecular weight is 235 g/mol. The molecule has 1 aliphatic heterocycles. The van der Waals surface area contributed by atoms with Crippen molar-refractivity contribution in [3.63, 3.8) is 0 Å². The monoisotopic (exact) mass is 235 g/mol. The maximum Gasteiger partial charge on any atom is 0.0753 e. The van der Waals surface area contributed by atoms with Gasteiger partial charge < -0.3 is 10.1 Å². The Labute approximate surface area is 103 Å². The first-order valence-corrected chi connectivity index (χ1v) is 6.08. The molecule has 0 amide bonds. The van der Waals surface area contributed by atoms with E-state index in [1.165, 1.54) is 0 Å². The molecular weight excluding hydrogens is 214 g/mol. The molecule has 2 heterocycles. The second-order valence-corrected chi connectivity index (χ2v) is 5.10. The van der Waals surface area contributed by atoms with E-state index in [1.54, 1.807) is 0 Å². The van der Waals surface area contributed by atoms with Crippen LogP contribution in [0.1, 0.15) is 19.5 Å². The molecule has 1 aliphatic rings. The third kappa shape index (κ3) is 3.41.